The van der Waals surface area contributed by atoms with E-state index in [1.807, 2.05) is 0 Å². The van der Waals surface area contributed by atoms with Crippen molar-refractivity contribution in [3.05, 3.63) is 0 Å². The Morgan fingerprint density at radius 1 is 1.88 bits per heavy atom. The summed E-state index contributed by atoms with van der Waals surface area (Å²) in [5.41, 5.74) is 3.72. The molecule has 1 atom stereocenters. The molecular weight excluding hydrogens is 106 g/mol. The summed E-state index contributed by atoms with van der Waals surface area (Å²) < 4.78 is 0. The van der Waals surface area contributed by atoms with Crippen molar-refractivity contribution in [3.8, 4) is 0 Å². The van der Waals surface area contributed by atoms with Gasteiger partial charge in [0.2, 0.25) is 0 Å². The quantitative estimate of drug-likeness (QED) is 0.502. The number of rotatable bonds is 2. The van der Waals surface area contributed by atoms with E-state index in [9.17, 15) is 4.79 Å². The molecule has 0 aliphatic carbocycles. The molecule has 1 unspecified atom stereocenters. The maximum Gasteiger partial charge on any atom is 0.162 e. The molecule has 3 heteroatoms. The van der Waals surface area contributed by atoms with Gasteiger partial charge in [-0.3, -0.25) is 4.79 Å². The van der Waals surface area contributed by atoms with Gasteiger partial charge < -0.3 is 10.8 Å². The molecule has 0 heterocycles. The maximum absolute atomic E-state index is 10.4. The second kappa shape index (κ2) is 2.24. The summed E-state index contributed by atoms with van der Waals surface area (Å²) in [6.45, 7) is 2.70. The number of aliphatic hydroxyl groups is 1. The number of carbonyl (C=O) groups excluding carboxylic acids is 1. The summed E-state index contributed by atoms with van der Waals surface area (Å²) in [6, 6.07) is 0. The molecule has 0 saturated carbocycles. The van der Waals surface area contributed by atoms with Crippen molar-refractivity contribution in [1.29, 1.82) is 0 Å². The fourth-order valence-corrected chi connectivity index (χ4v) is 0.144. The number of ketones is 1. The van der Waals surface area contributed by atoms with Crippen molar-refractivity contribution in [1.82, 2.24) is 0 Å². The second-order valence-electron chi connectivity index (χ2n) is 2.03. The van der Waals surface area contributed by atoms with Gasteiger partial charge in [-0.1, -0.05) is 0 Å². The van der Waals surface area contributed by atoms with Gasteiger partial charge in [-0.05, 0) is 13.8 Å². The number of hydrogen-bond donors (Lipinski definition) is 2. The molecule has 0 spiro atoms. The van der Waals surface area contributed by atoms with Crippen molar-refractivity contribution >= 4 is 5.78 Å². The zero-order valence-electron chi connectivity index (χ0n) is 5.14. The summed E-state index contributed by atoms with van der Waals surface area (Å²) in [5, 5.41) is 8.93. The zero-order valence-corrected chi connectivity index (χ0v) is 5.14. The van der Waals surface area contributed by atoms with Crippen LogP contribution in [0.1, 0.15) is 13.8 Å². The van der Waals surface area contributed by atoms with Crippen molar-refractivity contribution in [2.45, 2.75) is 19.4 Å². The minimum atomic E-state index is -1.32. The van der Waals surface area contributed by atoms with Gasteiger partial charge in [-0.15, -0.1) is 0 Å². The Morgan fingerprint density at radius 2 is 2.25 bits per heavy atom. The Bertz CT molecular complexity index is 98.6. The summed E-state index contributed by atoms with van der Waals surface area (Å²) in [5.74, 6) is -0.292. The van der Waals surface area contributed by atoms with Crippen LogP contribution in [-0.2, 0) is 4.79 Å². The van der Waals surface area contributed by atoms with E-state index in [1.165, 1.54) is 13.8 Å². The van der Waals surface area contributed by atoms with Gasteiger partial charge in [0.05, 0.1) is 0 Å². The van der Waals surface area contributed by atoms with Crippen molar-refractivity contribution in [2.75, 3.05) is 6.54 Å². The monoisotopic (exact) mass is 117 g/mol. The van der Waals surface area contributed by atoms with E-state index in [1.54, 1.807) is 0 Å². The first-order valence-corrected chi connectivity index (χ1v) is 2.44. The summed E-state index contributed by atoms with van der Waals surface area (Å²) in [7, 11) is 0. The second-order valence-corrected chi connectivity index (χ2v) is 2.03. The third kappa shape index (κ3) is 1.60. The first-order chi connectivity index (χ1) is 3.50. The molecule has 3 N–H and O–H groups in total. The first kappa shape index (κ1) is 7.59. The van der Waals surface area contributed by atoms with Crippen molar-refractivity contribution in [3.63, 3.8) is 0 Å². The highest BCUT2D eigenvalue weighted by Crippen LogP contribution is 1.99. The van der Waals surface area contributed by atoms with E-state index in [0.29, 0.717) is 0 Å². The first-order valence-electron chi connectivity index (χ1n) is 2.44. The smallest absolute Gasteiger partial charge is 0.162 e. The van der Waals surface area contributed by atoms with Gasteiger partial charge in [0.15, 0.2) is 5.78 Å². The average Bonchev–Trinajstić information content (AvgIpc) is 1.67. The van der Waals surface area contributed by atoms with Gasteiger partial charge in [-0.2, -0.15) is 0 Å². The van der Waals surface area contributed by atoms with E-state index in [-0.39, 0.29) is 12.3 Å². The minimum Gasteiger partial charge on any atom is -0.381 e. The van der Waals surface area contributed by atoms with Crippen LogP contribution >= 0.6 is 0 Å². The normalized spacial score (nSPS) is 17.5. The molecule has 0 radical (unpaired) electrons. The molecule has 0 aromatic rings. The number of Topliss-reactive ketones (excluding diaryl/α,β-unsaturated/α-hetero) is 1. The highest BCUT2D eigenvalue weighted by atomic mass is 16.3. The molecule has 3 nitrogen and oxygen atoms in total. The van der Waals surface area contributed by atoms with Crippen LogP contribution in [0.15, 0.2) is 0 Å². The van der Waals surface area contributed by atoms with Gasteiger partial charge in [0.25, 0.3) is 0 Å². The minimum absolute atomic E-state index is 0.0116. The van der Waals surface area contributed by atoms with Crippen LogP contribution in [0, 0.1) is 0 Å². The predicted molar refractivity (Wildman–Crippen MR) is 30.4 cm³/mol. The van der Waals surface area contributed by atoms with Crippen LogP contribution < -0.4 is 5.73 Å². The lowest BCUT2D eigenvalue weighted by Gasteiger charge is -2.15. The van der Waals surface area contributed by atoms with E-state index >= 15 is 0 Å². The molecule has 0 amide bonds. The van der Waals surface area contributed by atoms with Gasteiger partial charge in [-0.25, -0.2) is 0 Å². The van der Waals surface area contributed by atoms with E-state index in [2.05, 4.69) is 0 Å². The third-order valence-corrected chi connectivity index (χ3v) is 1.16. The van der Waals surface area contributed by atoms with Crippen LogP contribution in [0.25, 0.3) is 0 Å². The summed E-state index contributed by atoms with van der Waals surface area (Å²) >= 11 is 0. The van der Waals surface area contributed by atoms with E-state index in [0.717, 1.165) is 0 Å². The van der Waals surface area contributed by atoms with Crippen LogP contribution in [0.2, 0.25) is 0 Å². The van der Waals surface area contributed by atoms with Gasteiger partial charge in [0.1, 0.15) is 5.60 Å². The molecule has 8 heavy (non-hydrogen) atoms. The fraction of sp³-hybridized carbons (Fsp3) is 0.800. The number of carbonyl (C=O) groups is 1. The van der Waals surface area contributed by atoms with Crippen LogP contribution in [0.5, 0.6) is 0 Å². The Morgan fingerprint density at radius 3 is 2.25 bits per heavy atom. The maximum atomic E-state index is 10.4. The standard InChI is InChI=1S/C5H11NO2/c1-4(7)5(2,8)3-6/h8H,3,6H2,1-2H3. The summed E-state index contributed by atoms with van der Waals surface area (Å²) in [4.78, 5) is 10.4. The van der Waals surface area contributed by atoms with Crippen LogP contribution in [0.4, 0.5) is 0 Å². The van der Waals surface area contributed by atoms with Crippen molar-refractivity contribution < 1.29 is 9.90 Å². The van der Waals surface area contributed by atoms with Crippen molar-refractivity contribution in [2.24, 2.45) is 5.73 Å². The third-order valence-electron chi connectivity index (χ3n) is 1.16. The van der Waals surface area contributed by atoms with E-state index in [4.69, 9.17) is 10.8 Å². The zero-order chi connectivity index (χ0) is 6.78. The highest BCUT2D eigenvalue weighted by Gasteiger charge is 2.23. The predicted octanol–water partition coefficient (Wildman–Crippen LogP) is -0.715. The van der Waals surface area contributed by atoms with Gasteiger partial charge in [0, 0.05) is 6.54 Å². The fourth-order valence-electron chi connectivity index (χ4n) is 0.144. The molecule has 0 saturated heterocycles. The Balaban J connectivity index is 3.91. The average molecular weight is 117 g/mol. The van der Waals surface area contributed by atoms with E-state index < -0.39 is 5.60 Å². The number of hydrogen-bond acceptors (Lipinski definition) is 3. The highest BCUT2D eigenvalue weighted by molar-refractivity contribution is 5.84. The molecule has 0 aromatic heterocycles. The Labute approximate surface area is 48.5 Å². The lowest BCUT2D eigenvalue weighted by molar-refractivity contribution is -0.132. The Kier molecular flexibility index (Phi) is 2.12. The SMILES string of the molecule is CC(=O)C(C)(O)CN. The lowest BCUT2D eigenvalue weighted by atomic mass is 10.0. The number of nitrogens with two attached hydrogens (primary N) is 1. The molecular formula is C5H11NO2. The Hall–Kier alpha value is -0.410. The molecule has 0 bridgehead atoms. The van der Waals surface area contributed by atoms with Crippen LogP contribution in [-0.4, -0.2) is 23.0 Å². The molecule has 0 aliphatic heterocycles. The largest absolute Gasteiger partial charge is 0.381 e. The molecule has 48 valence electrons. The van der Waals surface area contributed by atoms with Gasteiger partial charge >= 0.3 is 0 Å². The van der Waals surface area contributed by atoms with Crippen LogP contribution in [0.3, 0.4) is 0 Å². The molecule has 0 aliphatic rings. The lowest BCUT2D eigenvalue weighted by Crippen LogP contribution is -2.40. The summed E-state index contributed by atoms with van der Waals surface area (Å²) in [6.07, 6.45) is 0. The topological polar surface area (TPSA) is 63.3 Å². The molecule has 0 rings (SSSR count). The molecule has 0 aromatic carbocycles. The molecule has 0 fully saturated rings.